The van der Waals surface area contributed by atoms with Crippen LogP contribution in [0.25, 0.3) is 0 Å². The van der Waals surface area contributed by atoms with Crippen molar-refractivity contribution in [3.63, 3.8) is 0 Å². The average molecular weight is 271 g/mol. The summed E-state index contributed by atoms with van der Waals surface area (Å²) in [7, 11) is 0. The van der Waals surface area contributed by atoms with Gasteiger partial charge < -0.3 is 10.6 Å². The van der Waals surface area contributed by atoms with Crippen LogP contribution in [0.3, 0.4) is 0 Å². The van der Waals surface area contributed by atoms with E-state index in [1.807, 2.05) is 0 Å². The van der Waals surface area contributed by atoms with E-state index in [1.165, 1.54) is 11.3 Å². The number of anilines is 1. The Kier molecular flexibility index (Phi) is 3.87. The molecule has 17 heavy (non-hydrogen) atoms. The second-order valence-electron chi connectivity index (χ2n) is 4.30. The number of halogens is 1. The number of piperidine rings is 1. The predicted octanol–water partition coefficient (Wildman–Crippen LogP) is 2.23. The minimum Gasteiger partial charge on any atom is -0.348 e. The van der Waals surface area contributed by atoms with Crippen LogP contribution in [0.4, 0.5) is 5.13 Å². The van der Waals surface area contributed by atoms with Gasteiger partial charge in [-0.3, -0.25) is 0 Å². The Bertz CT molecular complexity index is 439. The molecule has 6 heteroatoms. The molecule has 0 aromatic carbocycles. The lowest BCUT2D eigenvalue weighted by Gasteiger charge is -2.36. The first kappa shape index (κ1) is 12.6. The van der Waals surface area contributed by atoms with Crippen molar-refractivity contribution in [2.24, 2.45) is 11.7 Å². The first-order valence-electron chi connectivity index (χ1n) is 5.72. The zero-order valence-corrected chi connectivity index (χ0v) is 11.3. The molecule has 4 nitrogen and oxygen atoms in total. The summed E-state index contributed by atoms with van der Waals surface area (Å²) in [6.07, 6.45) is 2.04. The Labute approximate surface area is 110 Å². The van der Waals surface area contributed by atoms with E-state index >= 15 is 0 Å². The number of hydrogen-bond donors (Lipinski definition) is 1. The molecule has 2 rings (SSSR count). The smallest absolute Gasteiger partial charge is 0.188 e. The van der Waals surface area contributed by atoms with E-state index in [4.69, 9.17) is 22.6 Å². The maximum absolute atomic E-state index is 8.87. The Balaban J connectivity index is 2.15. The standard InChI is InChI=1S/C11H15ClN4S/c1-2-7-6-16(4-3-8(7)14)11-15-10(12)9(5-13)17-11/h7-8H,2-4,6,14H2,1H3. The molecule has 0 saturated carbocycles. The Morgan fingerprint density at radius 2 is 2.47 bits per heavy atom. The average Bonchev–Trinajstić information content (AvgIpc) is 2.71. The van der Waals surface area contributed by atoms with E-state index < -0.39 is 0 Å². The third-order valence-electron chi connectivity index (χ3n) is 3.26. The molecule has 2 unspecified atom stereocenters. The monoisotopic (exact) mass is 270 g/mol. The van der Waals surface area contributed by atoms with Gasteiger partial charge in [0.15, 0.2) is 10.3 Å². The number of hydrogen-bond acceptors (Lipinski definition) is 5. The van der Waals surface area contributed by atoms with E-state index in [9.17, 15) is 0 Å². The SMILES string of the molecule is CCC1CN(c2nc(Cl)c(C#N)s2)CCC1N. The lowest BCUT2D eigenvalue weighted by atomic mass is 9.91. The second kappa shape index (κ2) is 5.21. The number of nitrogens with zero attached hydrogens (tertiary/aromatic N) is 3. The fourth-order valence-electron chi connectivity index (χ4n) is 2.15. The molecule has 1 aliphatic heterocycles. The first-order chi connectivity index (χ1) is 8.15. The van der Waals surface area contributed by atoms with Crippen LogP contribution in [0.2, 0.25) is 5.15 Å². The molecule has 92 valence electrons. The summed E-state index contributed by atoms with van der Waals surface area (Å²) in [5.41, 5.74) is 6.07. The number of thiazole rings is 1. The molecular formula is C11H15ClN4S. The molecule has 1 saturated heterocycles. The van der Waals surface area contributed by atoms with Gasteiger partial charge >= 0.3 is 0 Å². The number of aromatic nitrogens is 1. The molecule has 0 spiro atoms. The van der Waals surface area contributed by atoms with Gasteiger partial charge in [0.25, 0.3) is 0 Å². The van der Waals surface area contributed by atoms with Crippen molar-refractivity contribution in [2.75, 3.05) is 18.0 Å². The molecule has 1 aliphatic rings. The molecule has 2 N–H and O–H groups in total. The molecule has 0 amide bonds. The van der Waals surface area contributed by atoms with Gasteiger partial charge in [0, 0.05) is 19.1 Å². The topological polar surface area (TPSA) is 65.9 Å². The maximum atomic E-state index is 8.87. The largest absolute Gasteiger partial charge is 0.348 e. The highest BCUT2D eigenvalue weighted by atomic mass is 35.5. The van der Waals surface area contributed by atoms with Crippen molar-refractivity contribution < 1.29 is 0 Å². The van der Waals surface area contributed by atoms with Crippen molar-refractivity contribution in [3.8, 4) is 6.07 Å². The summed E-state index contributed by atoms with van der Waals surface area (Å²) in [4.78, 5) is 6.93. The lowest BCUT2D eigenvalue weighted by molar-refractivity contribution is 0.348. The van der Waals surface area contributed by atoms with Gasteiger partial charge in [-0.05, 0) is 12.3 Å². The van der Waals surface area contributed by atoms with Crippen LogP contribution in [0, 0.1) is 17.2 Å². The fourth-order valence-corrected chi connectivity index (χ4v) is 3.23. The number of nitrogens with two attached hydrogens (primary N) is 1. The normalized spacial score (nSPS) is 24.7. The van der Waals surface area contributed by atoms with Crippen LogP contribution in [-0.2, 0) is 0 Å². The third-order valence-corrected chi connectivity index (χ3v) is 4.67. The van der Waals surface area contributed by atoms with Crippen LogP contribution in [-0.4, -0.2) is 24.1 Å². The highest BCUT2D eigenvalue weighted by molar-refractivity contribution is 7.16. The molecule has 1 aromatic rings. The van der Waals surface area contributed by atoms with E-state index in [-0.39, 0.29) is 6.04 Å². The van der Waals surface area contributed by atoms with E-state index in [0.717, 1.165) is 31.1 Å². The van der Waals surface area contributed by atoms with Gasteiger partial charge in [-0.2, -0.15) is 5.26 Å². The highest BCUT2D eigenvalue weighted by Crippen LogP contribution is 2.31. The second-order valence-corrected chi connectivity index (χ2v) is 5.63. The van der Waals surface area contributed by atoms with Crippen LogP contribution >= 0.6 is 22.9 Å². The Morgan fingerprint density at radius 1 is 1.71 bits per heavy atom. The molecule has 0 bridgehead atoms. The molecule has 1 aromatic heterocycles. The molecule has 2 heterocycles. The van der Waals surface area contributed by atoms with E-state index in [0.29, 0.717) is 15.9 Å². The summed E-state index contributed by atoms with van der Waals surface area (Å²) in [5.74, 6) is 0.497. The maximum Gasteiger partial charge on any atom is 0.188 e. The minimum absolute atomic E-state index is 0.280. The van der Waals surface area contributed by atoms with E-state index in [1.54, 1.807) is 0 Å². The number of rotatable bonds is 2. The van der Waals surface area contributed by atoms with Crippen molar-refractivity contribution in [3.05, 3.63) is 10.0 Å². The fraction of sp³-hybridized carbons (Fsp3) is 0.636. The zero-order valence-electron chi connectivity index (χ0n) is 9.69. The van der Waals surface area contributed by atoms with E-state index in [2.05, 4.69) is 22.9 Å². The zero-order chi connectivity index (χ0) is 12.4. The molecule has 2 atom stereocenters. The Morgan fingerprint density at radius 3 is 3.06 bits per heavy atom. The van der Waals surface area contributed by atoms with Gasteiger partial charge in [-0.1, -0.05) is 36.3 Å². The Hall–Kier alpha value is -0.830. The molecule has 0 radical (unpaired) electrons. The summed E-state index contributed by atoms with van der Waals surface area (Å²) in [5, 5.41) is 10.0. The van der Waals surface area contributed by atoms with Gasteiger partial charge in [0.05, 0.1) is 0 Å². The van der Waals surface area contributed by atoms with Crippen molar-refractivity contribution >= 4 is 28.1 Å². The summed E-state index contributed by atoms with van der Waals surface area (Å²) in [6, 6.07) is 2.34. The molecule has 1 fully saturated rings. The van der Waals surface area contributed by atoms with Crippen LogP contribution in [0.1, 0.15) is 24.6 Å². The van der Waals surface area contributed by atoms with Gasteiger partial charge in [-0.15, -0.1) is 0 Å². The summed E-state index contributed by atoms with van der Waals surface area (Å²) >= 11 is 7.25. The summed E-state index contributed by atoms with van der Waals surface area (Å²) < 4.78 is 0. The highest BCUT2D eigenvalue weighted by Gasteiger charge is 2.27. The van der Waals surface area contributed by atoms with Crippen molar-refractivity contribution in [2.45, 2.75) is 25.8 Å². The van der Waals surface area contributed by atoms with Gasteiger partial charge in [-0.25, -0.2) is 4.98 Å². The van der Waals surface area contributed by atoms with Gasteiger partial charge in [0.1, 0.15) is 10.9 Å². The van der Waals surface area contributed by atoms with Crippen molar-refractivity contribution in [1.82, 2.24) is 4.98 Å². The minimum atomic E-state index is 0.280. The quantitative estimate of drug-likeness (QED) is 0.895. The summed E-state index contributed by atoms with van der Waals surface area (Å²) in [6.45, 7) is 3.96. The van der Waals surface area contributed by atoms with Gasteiger partial charge in [0.2, 0.25) is 0 Å². The van der Waals surface area contributed by atoms with Crippen LogP contribution in [0.5, 0.6) is 0 Å². The number of nitriles is 1. The molecule has 0 aliphatic carbocycles. The van der Waals surface area contributed by atoms with Crippen molar-refractivity contribution in [1.29, 1.82) is 5.26 Å². The predicted molar refractivity (Wildman–Crippen MR) is 70.4 cm³/mol. The first-order valence-corrected chi connectivity index (χ1v) is 6.92. The lowest BCUT2D eigenvalue weighted by Crippen LogP contribution is -2.46. The van der Waals surface area contributed by atoms with Crippen LogP contribution < -0.4 is 10.6 Å². The third kappa shape index (κ3) is 2.54. The molecular weight excluding hydrogens is 256 g/mol. The van der Waals surface area contributed by atoms with Crippen LogP contribution in [0.15, 0.2) is 0 Å².